The van der Waals surface area contributed by atoms with Crippen LogP contribution in [-0.4, -0.2) is 11.5 Å². The van der Waals surface area contributed by atoms with Crippen LogP contribution < -0.4 is 5.32 Å². The average Bonchev–Trinajstić information content (AvgIpc) is 2.39. The minimum absolute atomic E-state index is 0.132. The fraction of sp³-hybridized carbons (Fsp3) is 0.267. The Morgan fingerprint density at radius 1 is 1.17 bits per heavy atom. The molecule has 0 amide bonds. The van der Waals surface area contributed by atoms with Gasteiger partial charge in [-0.2, -0.15) is 0 Å². The third-order valence-corrected chi connectivity index (χ3v) is 2.81. The number of nitrogens with one attached hydrogen (secondary N) is 1. The first kappa shape index (κ1) is 12.7. The van der Waals surface area contributed by atoms with Crippen molar-refractivity contribution in [1.29, 1.82) is 0 Å². The maximum atomic E-state index is 13.3. The van der Waals surface area contributed by atoms with E-state index >= 15 is 0 Å². The molecule has 0 bridgehead atoms. The molecule has 0 saturated heterocycles. The molecule has 0 fully saturated rings. The van der Waals surface area contributed by atoms with E-state index < -0.39 is 0 Å². The Labute approximate surface area is 107 Å². The zero-order chi connectivity index (χ0) is 12.8. The normalized spacial score (nSPS) is 10.6. The average molecular weight is 244 g/mol. The second kappa shape index (κ2) is 6.26. The van der Waals surface area contributed by atoms with E-state index in [0.29, 0.717) is 13.0 Å². The maximum Gasteiger partial charge on any atom is 0.126 e. The second-order valence-electron chi connectivity index (χ2n) is 4.35. The third-order valence-electron chi connectivity index (χ3n) is 2.81. The topological polar surface area (TPSA) is 24.9 Å². The molecule has 0 aliphatic rings. The van der Waals surface area contributed by atoms with Gasteiger partial charge in [0.15, 0.2) is 0 Å². The summed E-state index contributed by atoms with van der Waals surface area (Å²) in [6, 6.07) is 10.9. The van der Waals surface area contributed by atoms with Gasteiger partial charge in [-0.1, -0.05) is 24.3 Å². The van der Waals surface area contributed by atoms with Crippen LogP contribution in [0.25, 0.3) is 0 Å². The number of nitrogens with zero attached hydrogens (tertiary/aromatic N) is 1. The number of aromatic nitrogens is 1. The van der Waals surface area contributed by atoms with Crippen LogP contribution in [0.15, 0.2) is 42.6 Å². The first-order chi connectivity index (χ1) is 8.75. The van der Waals surface area contributed by atoms with Crippen molar-refractivity contribution in [3.63, 3.8) is 0 Å². The van der Waals surface area contributed by atoms with Crippen molar-refractivity contribution in [1.82, 2.24) is 10.3 Å². The third kappa shape index (κ3) is 3.64. The molecule has 0 spiro atoms. The molecule has 18 heavy (non-hydrogen) atoms. The molecular weight excluding hydrogens is 227 g/mol. The van der Waals surface area contributed by atoms with E-state index in [0.717, 1.165) is 23.4 Å². The molecule has 0 atom stereocenters. The van der Waals surface area contributed by atoms with Crippen molar-refractivity contribution in [2.24, 2.45) is 0 Å². The van der Waals surface area contributed by atoms with E-state index in [1.165, 1.54) is 6.07 Å². The summed E-state index contributed by atoms with van der Waals surface area (Å²) in [7, 11) is 0. The minimum Gasteiger partial charge on any atom is -0.311 e. The number of hydrogen-bond donors (Lipinski definition) is 1. The Morgan fingerprint density at radius 3 is 2.72 bits per heavy atom. The maximum absolute atomic E-state index is 13.3. The van der Waals surface area contributed by atoms with Gasteiger partial charge in [-0.05, 0) is 43.1 Å². The van der Waals surface area contributed by atoms with Crippen LogP contribution in [0, 0.1) is 12.7 Å². The van der Waals surface area contributed by atoms with E-state index in [-0.39, 0.29) is 5.82 Å². The van der Waals surface area contributed by atoms with Crippen molar-refractivity contribution in [2.45, 2.75) is 19.9 Å². The summed E-state index contributed by atoms with van der Waals surface area (Å²) < 4.78 is 13.3. The Bertz CT molecular complexity index is 494. The highest BCUT2D eigenvalue weighted by Gasteiger charge is 2.00. The highest BCUT2D eigenvalue weighted by atomic mass is 19.1. The molecule has 0 radical (unpaired) electrons. The van der Waals surface area contributed by atoms with Gasteiger partial charge in [0.1, 0.15) is 5.82 Å². The Morgan fingerprint density at radius 2 is 2.00 bits per heavy atom. The van der Waals surface area contributed by atoms with Gasteiger partial charge in [0, 0.05) is 12.7 Å². The molecule has 1 heterocycles. The Kier molecular flexibility index (Phi) is 4.42. The summed E-state index contributed by atoms with van der Waals surface area (Å²) in [5.74, 6) is -0.132. The lowest BCUT2D eigenvalue weighted by atomic mass is 10.1. The molecule has 3 heteroatoms. The van der Waals surface area contributed by atoms with Gasteiger partial charge in [-0.25, -0.2) is 4.39 Å². The molecule has 1 aromatic heterocycles. The van der Waals surface area contributed by atoms with Gasteiger partial charge >= 0.3 is 0 Å². The highest BCUT2D eigenvalue weighted by Crippen LogP contribution is 2.06. The van der Waals surface area contributed by atoms with Gasteiger partial charge in [-0.15, -0.1) is 0 Å². The van der Waals surface area contributed by atoms with Crippen LogP contribution in [0.1, 0.15) is 16.8 Å². The van der Waals surface area contributed by atoms with E-state index in [1.807, 2.05) is 37.4 Å². The molecule has 0 saturated carbocycles. The predicted molar refractivity (Wildman–Crippen MR) is 70.8 cm³/mol. The summed E-state index contributed by atoms with van der Waals surface area (Å²) in [4.78, 5) is 4.30. The number of aryl methyl sites for hydroxylation is 1. The number of halogens is 1. The molecule has 0 aliphatic carbocycles. The summed E-state index contributed by atoms with van der Waals surface area (Å²) >= 11 is 0. The van der Waals surface area contributed by atoms with Crippen molar-refractivity contribution < 1.29 is 4.39 Å². The predicted octanol–water partition coefficient (Wildman–Crippen LogP) is 2.86. The SMILES string of the molecule is Cc1ccc(CNCCc2ccccc2F)nc1. The molecule has 1 aromatic carbocycles. The number of pyridine rings is 1. The molecule has 2 nitrogen and oxygen atoms in total. The zero-order valence-corrected chi connectivity index (χ0v) is 10.5. The monoisotopic (exact) mass is 244 g/mol. The molecule has 94 valence electrons. The lowest BCUT2D eigenvalue weighted by Crippen LogP contribution is -2.17. The van der Waals surface area contributed by atoms with Gasteiger partial charge in [-0.3, -0.25) is 4.98 Å². The molecular formula is C15H17FN2. The van der Waals surface area contributed by atoms with Crippen LogP contribution >= 0.6 is 0 Å². The van der Waals surface area contributed by atoms with Crippen LogP contribution in [0.2, 0.25) is 0 Å². The lowest BCUT2D eigenvalue weighted by molar-refractivity contribution is 0.596. The van der Waals surface area contributed by atoms with Crippen LogP contribution in [0.3, 0.4) is 0 Å². The summed E-state index contributed by atoms with van der Waals surface area (Å²) in [5, 5.41) is 3.27. The summed E-state index contributed by atoms with van der Waals surface area (Å²) in [5.41, 5.74) is 2.92. The number of benzene rings is 1. The number of hydrogen-bond acceptors (Lipinski definition) is 2. The van der Waals surface area contributed by atoms with Crippen LogP contribution in [-0.2, 0) is 13.0 Å². The van der Waals surface area contributed by atoms with Gasteiger partial charge in [0.05, 0.1) is 5.69 Å². The minimum atomic E-state index is -0.132. The Balaban J connectivity index is 1.76. The highest BCUT2D eigenvalue weighted by molar-refractivity contribution is 5.17. The first-order valence-corrected chi connectivity index (χ1v) is 6.11. The van der Waals surface area contributed by atoms with Gasteiger partial charge in [0.25, 0.3) is 0 Å². The van der Waals surface area contributed by atoms with Crippen molar-refractivity contribution in [3.8, 4) is 0 Å². The van der Waals surface area contributed by atoms with Crippen molar-refractivity contribution >= 4 is 0 Å². The van der Waals surface area contributed by atoms with Crippen molar-refractivity contribution in [2.75, 3.05) is 6.54 Å². The molecule has 0 unspecified atom stereocenters. The van der Waals surface area contributed by atoms with E-state index in [1.54, 1.807) is 6.07 Å². The van der Waals surface area contributed by atoms with Gasteiger partial charge in [0.2, 0.25) is 0 Å². The van der Waals surface area contributed by atoms with E-state index in [2.05, 4.69) is 10.3 Å². The lowest BCUT2D eigenvalue weighted by Gasteiger charge is -2.05. The number of rotatable bonds is 5. The zero-order valence-electron chi connectivity index (χ0n) is 10.5. The largest absolute Gasteiger partial charge is 0.311 e. The van der Waals surface area contributed by atoms with Crippen molar-refractivity contribution in [3.05, 3.63) is 65.2 Å². The quantitative estimate of drug-likeness (QED) is 0.818. The van der Waals surface area contributed by atoms with Gasteiger partial charge < -0.3 is 5.32 Å². The summed E-state index contributed by atoms with van der Waals surface area (Å²) in [6.07, 6.45) is 2.55. The van der Waals surface area contributed by atoms with Crippen LogP contribution in [0.5, 0.6) is 0 Å². The fourth-order valence-electron chi connectivity index (χ4n) is 1.74. The van der Waals surface area contributed by atoms with E-state index in [4.69, 9.17) is 0 Å². The van der Waals surface area contributed by atoms with Crippen LogP contribution in [0.4, 0.5) is 4.39 Å². The molecule has 1 N–H and O–H groups in total. The summed E-state index contributed by atoms with van der Waals surface area (Å²) in [6.45, 7) is 3.48. The smallest absolute Gasteiger partial charge is 0.126 e. The standard InChI is InChI=1S/C15H17FN2/c1-12-6-7-14(18-10-12)11-17-9-8-13-4-2-3-5-15(13)16/h2-7,10,17H,8-9,11H2,1H3. The fourth-order valence-corrected chi connectivity index (χ4v) is 1.74. The molecule has 0 aliphatic heterocycles. The Hall–Kier alpha value is -1.74. The first-order valence-electron chi connectivity index (χ1n) is 6.11. The molecule has 2 aromatic rings. The van der Waals surface area contributed by atoms with E-state index in [9.17, 15) is 4.39 Å². The second-order valence-corrected chi connectivity index (χ2v) is 4.35. The molecule has 2 rings (SSSR count).